The van der Waals surface area contributed by atoms with Gasteiger partial charge in [-0.05, 0) is 41.8 Å². The van der Waals surface area contributed by atoms with Gasteiger partial charge in [-0.15, -0.1) is 0 Å². The first-order valence-electron chi connectivity index (χ1n) is 9.36. The van der Waals surface area contributed by atoms with Crippen molar-refractivity contribution >= 4 is 5.91 Å². The summed E-state index contributed by atoms with van der Waals surface area (Å²) in [6.07, 6.45) is 0.982. The third-order valence-electron chi connectivity index (χ3n) is 4.75. The Balaban J connectivity index is 1.52. The molecule has 0 unspecified atom stereocenters. The number of hydrogen-bond acceptors (Lipinski definition) is 4. The highest BCUT2D eigenvalue weighted by Gasteiger charge is 2.24. The van der Waals surface area contributed by atoms with Crippen molar-refractivity contribution in [2.24, 2.45) is 0 Å². The monoisotopic (exact) mass is 369 g/mol. The first-order chi connectivity index (χ1) is 13.0. The lowest BCUT2D eigenvalue weighted by molar-refractivity contribution is -0.123. The molecule has 0 atom stereocenters. The van der Waals surface area contributed by atoms with Gasteiger partial charge in [-0.2, -0.15) is 0 Å². The van der Waals surface area contributed by atoms with E-state index < -0.39 is 0 Å². The van der Waals surface area contributed by atoms with E-state index in [2.05, 4.69) is 26.1 Å². The molecule has 0 spiro atoms. The van der Waals surface area contributed by atoms with Crippen LogP contribution in [-0.4, -0.2) is 32.3 Å². The molecule has 1 N–H and O–H groups in total. The lowest BCUT2D eigenvalue weighted by atomic mass is 9.84. The topological polar surface area (TPSA) is 56.8 Å². The number of ether oxygens (including phenoxy) is 3. The molecule has 3 rings (SSSR count). The van der Waals surface area contributed by atoms with Gasteiger partial charge in [0, 0.05) is 12.0 Å². The van der Waals surface area contributed by atoms with Crippen LogP contribution in [0.5, 0.6) is 17.2 Å². The highest BCUT2D eigenvalue weighted by Crippen LogP contribution is 2.34. The average Bonchev–Trinajstić information content (AvgIpc) is 2.70. The van der Waals surface area contributed by atoms with Crippen molar-refractivity contribution in [3.63, 3.8) is 0 Å². The van der Waals surface area contributed by atoms with E-state index in [-0.39, 0.29) is 17.9 Å². The Bertz CT molecular complexity index is 783. The maximum atomic E-state index is 12.2. The van der Waals surface area contributed by atoms with Crippen LogP contribution < -0.4 is 19.5 Å². The minimum absolute atomic E-state index is 0.00267. The summed E-state index contributed by atoms with van der Waals surface area (Å²) in [6.45, 7) is 7.92. The standard InChI is InChI=1S/C22H27NO4/c1-4-16-5-8-18(9-6-16)27-14-21(24)23-15-22(2,3)17-7-10-19-20(13-17)26-12-11-25-19/h5-10,13H,4,11-12,14-15H2,1-3H3,(H,23,24). The number of aryl methyl sites for hydroxylation is 1. The summed E-state index contributed by atoms with van der Waals surface area (Å²) in [5.74, 6) is 2.10. The molecule has 0 aromatic heterocycles. The molecule has 1 amide bonds. The lowest BCUT2D eigenvalue weighted by Gasteiger charge is -2.27. The van der Waals surface area contributed by atoms with Crippen LogP contribution in [0.25, 0.3) is 0 Å². The Hall–Kier alpha value is -2.69. The Morgan fingerprint density at radius 3 is 2.48 bits per heavy atom. The zero-order chi connectivity index (χ0) is 19.3. The molecule has 0 saturated carbocycles. The van der Waals surface area contributed by atoms with Gasteiger partial charge in [0.05, 0.1) is 0 Å². The van der Waals surface area contributed by atoms with Crippen molar-refractivity contribution < 1.29 is 19.0 Å². The van der Waals surface area contributed by atoms with Gasteiger partial charge in [0.25, 0.3) is 5.91 Å². The van der Waals surface area contributed by atoms with Gasteiger partial charge >= 0.3 is 0 Å². The molecule has 0 aliphatic carbocycles. The van der Waals surface area contributed by atoms with Gasteiger partial charge in [-0.25, -0.2) is 0 Å². The number of benzene rings is 2. The van der Waals surface area contributed by atoms with Crippen LogP contribution >= 0.6 is 0 Å². The molecule has 144 valence electrons. The Kier molecular flexibility index (Phi) is 5.89. The van der Waals surface area contributed by atoms with Crippen LogP contribution in [0, 0.1) is 0 Å². The second-order valence-electron chi connectivity index (χ2n) is 7.31. The first-order valence-corrected chi connectivity index (χ1v) is 9.36. The minimum Gasteiger partial charge on any atom is -0.486 e. The summed E-state index contributed by atoms with van der Waals surface area (Å²) in [7, 11) is 0. The molecule has 0 bridgehead atoms. The molecule has 0 radical (unpaired) electrons. The van der Waals surface area contributed by atoms with E-state index in [9.17, 15) is 4.79 Å². The number of carbonyl (C=O) groups excluding carboxylic acids is 1. The summed E-state index contributed by atoms with van der Waals surface area (Å²) in [5, 5.41) is 2.96. The summed E-state index contributed by atoms with van der Waals surface area (Å²) < 4.78 is 16.8. The van der Waals surface area contributed by atoms with Crippen LogP contribution in [-0.2, 0) is 16.6 Å². The second-order valence-corrected chi connectivity index (χ2v) is 7.31. The van der Waals surface area contributed by atoms with Crippen LogP contribution in [0.15, 0.2) is 42.5 Å². The molecule has 2 aromatic carbocycles. The van der Waals surface area contributed by atoms with E-state index in [1.807, 2.05) is 42.5 Å². The Labute approximate surface area is 160 Å². The van der Waals surface area contributed by atoms with Gasteiger partial charge in [0.2, 0.25) is 0 Å². The summed E-state index contributed by atoms with van der Waals surface area (Å²) in [4.78, 5) is 12.2. The molecule has 1 aliphatic rings. The number of nitrogens with one attached hydrogen (secondary N) is 1. The lowest BCUT2D eigenvalue weighted by Crippen LogP contribution is -2.39. The van der Waals surface area contributed by atoms with Crippen molar-refractivity contribution in [2.75, 3.05) is 26.4 Å². The summed E-state index contributed by atoms with van der Waals surface area (Å²) in [5.41, 5.74) is 2.09. The predicted molar refractivity (Wildman–Crippen MR) is 105 cm³/mol. The average molecular weight is 369 g/mol. The second kappa shape index (κ2) is 8.33. The van der Waals surface area contributed by atoms with Crippen LogP contribution in [0.2, 0.25) is 0 Å². The molecule has 5 nitrogen and oxygen atoms in total. The normalized spacial score (nSPS) is 13.1. The molecular weight excluding hydrogens is 342 g/mol. The van der Waals surface area contributed by atoms with Crippen molar-refractivity contribution in [2.45, 2.75) is 32.6 Å². The molecule has 2 aromatic rings. The van der Waals surface area contributed by atoms with Crippen LogP contribution in [0.3, 0.4) is 0 Å². The maximum absolute atomic E-state index is 12.2. The maximum Gasteiger partial charge on any atom is 0.257 e. The molecular formula is C22H27NO4. The molecule has 5 heteroatoms. The minimum atomic E-state index is -0.242. The first kappa shape index (κ1) is 19.1. The van der Waals surface area contributed by atoms with Crippen molar-refractivity contribution in [1.29, 1.82) is 0 Å². The largest absolute Gasteiger partial charge is 0.486 e. The van der Waals surface area contributed by atoms with E-state index in [1.54, 1.807) is 0 Å². The fourth-order valence-corrected chi connectivity index (χ4v) is 2.91. The highest BCUT2D eigenvalue weighted by atomic mass is 16.6. The Morgan fingerprint density at radius 1 is 1.07 bits per heavy atom. The zero-order valence-electron chi connectivity index (χ0n) is 16.2. The van der Waals surface area contributed by atoms with Gasteiger partial charge in [-0.1, -0.05) is 39.0 Å². The summed E-state index contributed by atoms with van der Waals surface area (Å²) in [6, 6.07) is 13.8. The predicted octanol–water partition coefficient (Wildman–Crippen LogP) is 3.49. The smallest absolute Gasteiger partial charge is 0.257 e. The fraction of sp³-hybridized carbons (Fsp3) is 0.409. The van der Waals surface area contributed by atoms with Crippen molar-refractivity contribution in [3.05, 3.63) is 53.6 Å². The zero-order valence-corrected chi connectivity index (χ0v) is 16.2. The van der Waals surface area contributed by atoms with Gasteiger partial charge in [0.1, 0.15) is 19.0 Å². The number of carbonyl (C=O) groups is 1. The van der Waals surface area contributed by atoms with E-state index in [4.69, 9.17) is 14.2 Å². The molecule has 1 aliphatic heterocycles. The number of fused-ring (bicyclic) bond motifs is 1. The number of hydrogen-bond donors (Lipinski definition) is 1. The van der Waals surface area contributed by atoms with E-state index >= 15 is 0 Å². The van der Waals surface area contributed by atoms with Gasteiger partial charge in [-0.3, -0.25) is 4.79 Å². The summed E-state index contributed by atoms with van der Waals surface area (Å²) >= 11 is 0. The van der Waals surface area contributed by atoms with Crippen molar-refractivity contribution in [1.82, 2.24) is 5.32 Å². The number of rotatable bonds is 7. The molecule has 0 saturated heterocycles. The van der Waals surface area contributed by atoms with E-state index in [0.717, 1.165) is 23.5 Å². The Morgan fingerprint density at radius 2 is 1.78 bits per heavy atom. The third-order valence-corrected chi connectivity index (χ3v) is 4.75. The quantitative estimate of drug-likeness (QED) is 0.812. The van der Waals surface area contributed by atoms with Gasteiger partial charge in [0.15, 0.2) is 18.1 Å². The van der Waals surface area contributed by atoms with Gasteiger partial charge < -0.3 is 19.5 Å². The SMILES string of the molecule is CCc1ccc(OCC(=O)NCC(C)(C)c2ccc3c(c2)OCCO3)cc1. The number of amides is 1. The van der Waals surface area contributed by atoms with E-state index in [1.165, 1.54) is 5.56 Å². The van der Waals surface area contributed by atoms with Crippen molar-refractivity contribution in [3.8, 4) is 17.2 Å². The molecule has 1 heterocycles. The highest BCUT2D eigenvalue weighted by molar-refractivity contribution is 5.77. The van der Waals surface area contributed by atoms with Crippen LogP contribution in [0.1, 0.15) is 31.9 Å². The van der Waals surface area contributed by atoms with E-state index in [0.29, 0.717) is 25.5 Å². The fourth-order valence-electron chi connectivity index (χ4n) is 2.91. The molecule has 27 heavy (non-hydrogen) atoms. The van der Waals surface area contributed by atoms with Crippen LogP contribution in [0.4, 0.5) is 0 Å². The molecule has 0 fully saturated rings. The third kappa shape index (κ3) is 4.94.